The number of aromatic nitrogens is 2. The van der Waals surface area contributed by atoms with Crippen LogP contribution in [-0.4, -0.2) is 40.0 Å². The number of amides is 1. The summed E-state index contributed by atoms with van der Waals surface area (Å²) >= 11 is 0. The lowest BCUT2D eigenvalue weighted by molar-refractivity contribution is -0.136. The molecule has 0 spiro atoms. The second kappa shape index (κ2) is 5.96. The standard InChI is InChI=1S/C18H24N4O/c1-2-21-15-7-4-3-6-14(15)20-17(21)16-8-5-11-22(16)18(23)13-9-10-19-12-13/h3-4,6-7,13,16,19H,2,5,8-12H2,1H3/t13-,16-/m1/s1. The minimum atomic E-state index is 0.135. The zero-order valence-electron chi connectivity index (χ0n) is 13.7. The number of hydrogen-bond donors (Lipinski definition) is 1. The fraction of sp³-hybridized carbons (Fsp3) is 0.556. The van der Waals surface area contributed by atoms with E-state index in [9.17, 15) is 4.79 Å². The van der Waals surface area contributed by atoms with Gasteiger partial charge in [0.1, 0.15) is 5.82 Å². The van der Waals surface area contributed by atoms with E-state index in [1.54, 1.807) is 0 Å². The maximum absolute atomic E-state index is 12.9. The number of nitrogens with one attached hydrogen (secondary N) is 1. The molecule has 0 unspecified atom stereocenters. The van der Waals surface area contributed by atoms with Crippen molar-refractivity contribution in [3.05, 3.63) is 30.1 Å². The number of fused-ring (bicyclic) bond motifs is 1. The van der Waals surface area contributed by atoms with Crippen LogP contribution in [0.1, 0.15) is 38.1 Å². The minimum Gasteiger partial charge on any atom is -0.332 e. The van der Waals surface area contributed by atoms with Crippen molar-refractivity contribution < 1.29 is 4.79 Å². The van der Waals surface area contributed by atoms with Gasteiger partial charge in [-0.2, -0.15) is 0 Å². The number of rotatable bonds is 3. The van der Waals surface area contributed by atoms with E-state index in [-0.39, 0.29) is 12.0 Å². The van der Waals surface area contributed by atoms with Crippen LogP contribution in [0.5, 0.6) is 0 Å². The van der Waals surface area contributed by atoms with E-state index in [0.717, 1.165) is 56.8 Å². The SMILES string of the molecule is CCn1c([C@H]2CCCN2C(=O)[C@@H]2CCNC2)nc2ccccc21. The number of carbonyl (C=O) groups excluding carboxylic acids is 1. The smallest absolute Gasteiger partial charge is 0.227 e. The lowest BCUT2D eigenvalue weighted by atomic mass is 10.1. The Morgan fingerprint density at radius 3 is 3.00 bits per heavy atom. The van der Waals surface area contributed by atoms with Gasteiger partial charge in [0.05, 0.1) is 23.0 Å². The van der Waals surface area contributed by atoms with Crippen LogP contribution in [0.3, 0.4) is 0 Å². The van der Waals surface area contributed by atoms with Gasteiger partial charge in [0, 0.05) is 19.6 Å². The fourth-order valence-corrected chi connectivity index (χ4v) is 4.08. The summed E-state index contributed by atoms with van der Waals surface area (Å²) in [5.74, 6) is 1.52. The molecule has 5 heteroatoms. The van der Waals surface area contributed by atoms with Crippen molar-refractivity contribution >= 4 is 16.9 Å². The molecule has 122 valence electrons. The van der Waals surface area contributed by atoms with Crippen LogP contribution in [0.4, 0.5) is 0 Å². The zero-order chi connectivity index (χ0) is 15.8. The molecule has 2 aromatic rings. The number of para-hydroxylation sites is 2. The summed E-state index contributed by atoms with van der Waals surface area (Å²) in [6, 6.07) is 8.41. The first kappa shape index (κ1) is 14.7. The molecule has 0 aliphatic carbocycles. The molecule has 2 aliphatic heterocycles. The van der Waals surface area contributed by atoms with Crippen molar-refractivity contribution in [2.24, 2.45) is 5.92 Å². The number of carbonyl (C=O) groups is 1. The van der Waals surface area contributed by atoms with Gasteiger partial charge in [-0.1, -0.05) is 12.1 Å². The molecule has 2 atom stereocenters. The summed E-state index contributed by atoms with van der Waals surface area (Å²) in [4.78, 5) is 19.9. The zero-order valence-corrected chi connectivity index (χ0v) is 13.7. The molecule has 2 saturated heterocycles. The monoisotopic (exact) mass is 312 g/mol. The molecular weight excluding hydrogens is 288 g/mol. The normalized spacial score (nSPS) is 24.7. The van der Waals surface area contributed by atoms with E-state index in [1.165, 1.54) is 5.52 Å². The van der Waals surface area contributed by atoms with Crippen molar-refractivity contribution in [3.63, 3.8) is 0 Å². The quantitative estimate of drug-likeness (QED) is 0.946. The van der Waals surface area contributed by atoms with Crippen LogP contribution in [0.25, 0.3) is 11.0 Å². The summed E-state index contributed by atoms with van der Waals surface area (Å²) in [6.45, 7) is 5.69. The molecule has 1 aromatic carbocycles. The van der Waals surface area contributed by atoms with Crippen LogP contribution in [0.2, 0.25) is 0 Å². The van der Waals surface area contributed by atoms with Crippen LogP contribution in [-0.2, 0) is 11.3 Å². The van der Waals surface area contributed by atoms with Gasteiger partial charge in [-0.3, -0.25) is 4.79 Å². The Morgan fingerprint density at radius 1 is 1.35 bits per heavy atom. The van der Waals surface area contributed by atoms with Crippen LogP contribution >= 0.6 is 0 Å². The third kappa shape index (κ3) is 2.43. The largest absolute Gasteiger partial charge is 0.332 e. The maximum Gasteiger partial charge on any atom is 0.227 e. The first-order chi connectivity index (χ1) is 11.3. The summed E-state index contributed by atoms with van der Waals surface area (Å²) in [5.41, 5.74) is 2.21. The van der Waals surface area contributed by atoms with Crippen molar-refractivity contribution in [2.75, 3.05) is 19.6 Å². The summed E-state index contributed by atoms with van der Waals surface area (Å²) in [7, 11) is 0. The van der Waals surface area contributed by atoms with E-state index in [4.69, 9.17) is 4.98 Å². The molecule has 23 heavy (non-hydrogen) atoms. The van der Waals surface area contributed by atoms with Crippen LogP contribution in [0, 0.1) is 5.92 Å². The second-order valence-corrected chi connectivity index (χ2v) is 6.58. The van der Waals surface area contributed by atoms with Gasteiger partial charge in [0.2, 0.25) is 5.91 Å². The van der Waals surface area contributed by atoms with E-state index in [1.807, 2.05) is 6.07 Å². The van der Waals surface area contributed by atoms with Crippen LogP contribution in [0.15, 0.2) is 24.3 Å². The highest BCUT2D eigenvalue weighted by atomic mass is 16.2. The Kier molecular flexibility index (Phi) is 3.81. The van der Waals surface area contributed by atoms with Crippen molar-refractivity contribution in [2.45, 2.75) is 38.8 Å². The Hall–Kier alpha value is -1.88. The average molecular weight is 312 g/mol. The van der Waals surface area contributed by atoms with Crippen molar-refractivity contribution in [1.82, 2.24) is 19.8 Å². The molecule has 5 nitrogen and oxygen atoms in total. The van der Waals surface area contributed by atoms with Crippen molar-refractivity contribution in [1.29, 1.82) is 0 Å². The number of aryl methyl sites for hydroxylation is 1. The Labute approximate surface area is 136 Å². The van der Waals surface area contributed by atoms with Gasteiger partial charge in [-0.15, -0.1) is 0 Å². The van der Waals surface area contributed by atoms with Gasteiger partial charge in [-0.25, -0.2) is 4.98 Å². The molecule has 0 saturated carbocycles. The molecule has 4 rings (SSSR count). The molecule has 1 amide bonds. The third-order valence-corrected chi connectivity index (χ3v) is 5.24. The van der Waals surface area contributed by atoms with Gasteiger partial charge >= 0.3 is 0 Å². The molecule has 0 radical (unpaired) electrons. The van der Waals surface area contributed by atoms with Crippen LogP contribution < -0.4 is 5.32 Å². The van der Waals surface area contributed by atoms with Gasteiger partial charge in [0.15, 0.2) is 0 Å². The van der Waals surface area contributed by atoms with E-state index < -0.39 is 0 Å². The minimum absolute atomic E-state index is 0.135. The highest BCUT2D eigenvalue weighted by molar-refractivity contribution is 5.81. The Bertz CT molecular complexity index is 717. The lowest BCUT2D eigenvalue weighted by Gasteiger charge is -2.27. The molecule has 0 bridgehead atoms. The molecule has 1 aromatic heterocycles. The molecule has 1 N–H and O–H groups in total. The first-order valence-corrected chi connectivity index (χ1v) is 8.76. The highest BCUT2D eigenvalue weighted by Crippen LogP contribution is 2.35. The Balaban J connectivity index is 1.69. The van der Waals surface area contributed by atoms with Gasteiger partial charge < -0.3 is 14.8 Å². The number of likely N-dealkylation sites (tertiary alicyclic amines) is 1. The predicted octanol–water partition coefficient (Wildman–Crippen LogP) is 2.33. The number of hydrogen-bond acceptors (Lipinski definition) is 3. The number of benzene rings is 1. The van der Waals surface area contributed by atoms with Gasteiger partial charge in [-0.05, 0) is 44.9 Å². The summed E-state index contributed by atoms with van der Waals surface area (Å²) in [6.07, 6.45) is 3.06. The maximum atomic E-state index is 12.9. The first-order valence-electron chi connectivity index (χ1n) is 8.76. The predicted molar refractivity (Wildman–Crippen MR) is 90.1 cm³/mol. The van der Waals surface area contributed by atoms with Crippen molar-refractivity contribution in [3.8, 4) is 0 Å². The summed E-state index contributed by atoms with van der Waals surface area (Å²) in [5, 5.41) is 3.31. The topological polar surface area (TPSA) is 50.2 Å². The third-order valence-electron chi connectivity index (χ3n) is 5.24. The number of imidazole rings is 1. The second-order valence-electron chi connectivity index (χ2n) is 6.58. The molecular formula is C18H24N4O. The van der Waals surface area contributed by atoms with E-state index in [0.29, 0.717) is 5.91 Å². The molecule has 2 fully saturated rings. The van der Waals surface area contributed by atoms with Gasteiger partial charge in [0.25, 0.3) is 0 Å². The molecule has 2 aliphatic rings. The lowest BCUT2D eigenvalue weighted by Crippen LogP contribution is -2.37. The Morgan fingerprint density at radius 2 is 2.22 bits per heavy atom. The highest BCUT2D eigenvalue weighted by Gasteiger charge is 2.37. The summed E-state index contributed by atoms with van der Waals surface area (Å²) < 4.78 is 2.28. The molecule has 3 heterocycles. The van der Waals surface area contributed by atoms with E-state index in [2.05, 4.69) is 39.9 Å². The number of nitrogens with zero attached hydrogens (tertiary/aromatic N) is 3. The fourth-order valence-electron chi connectivity index (χ4n) is 4.08. The van der Waals surface area contributed by atoms with E-state index >= 15 is 0 Å². The average Bonchev–Trinajstić information content (AvgIpc) is 3.31.